The van der Waals surface area contributed by atoms with Crippen LogP contribution < -0.4 is 9.62 Å². The first-order chi connectivity index (χ1) is 18.6. The van der Waals surface area contributed by atoms with Crippen LogP contribution in [0.5, 0.6) is 0 Å². The minimum atomic E-state index is -4.22. The lowest BCUT2D eigenvalue weighted by Gasteiger charge is -2.34. The van der Waals surface area contributed by atoms with Crippen LogP contribution in [0.4, 0.5) is 10.1 Å². The lowest BCUT2D eigenvalue weighted by molar-refractivity contribution is -0.140. The van der Waals surface area contributed by atoms with Crippen molar-refractivity contribution >= 4 is 39.1 Å². The number of nitrogens with one attached hydrogen (secondary N) is 1. The molecule has 2 atom stereocenters. The summed E-state index contributed by atoms with van der Waals surface area (Å²) in [5, 5.41) is 3.34. The monoisotopic (exact) mass is 573 g/mol. The fourth-order valence-corrected chi connectivity index (χ4v) is 5.66. The maximum absolute atomic E-state index is 14.0. The van der Waals surface area contributed by atoms with Gasteiger partial charge in [0.1, 0.15) is 18.4 Å². The lowest BCUT2D eigenvalue weighted by atomic mass is 10.1. The smallest absolute Gasteiger partial charge is 0.264 e. The molecule has 1 N–H and O–H groups in total. The standard InChI is InChI=1S/C29H33ClFN3O4S/c1-4-21(3)32-29(36)27(5-2)33(19-22-11-9-10-14-26(22)30)28(35)20-34(24-17-15-23(31)16-18-24)39(37,38)25-12-7-6-8-13-25/h6-18,21,27H,4-5,19-20H2,1-3H3,(H,32,36)/t21-,27+/m0/s1. The quantitative estimate of drug-likeness (QED) is 0.314. The van der Waals surface area contributed by atoms with Gasteiger partial charge in [0.15, 0.2) is 0 Å². The van der Waals surface area contributed by atoms with Gasteiger partial charge in [-0.3, -0.25) is 13.9 Å². The summed E-state index contributed by atoms with van der Waals surface area (Å²) in [6.45, 7) is 4.97. The van der Waals surface area contributed by atoms with Crippen LogP contribution in [0.15, 0.2) is 83.8 Å². The average Bonchev–Trinajstić information content (AvgIpc) is 2.93. The fourth-order valence-electron chi connectivity index (χ4n) is 4.03. The average molecular weight is 574 g/mol. The number of sulfonamides is 1. The first-order valence-corrected chi connectivity index (χ1v) is 14.6. The Labute approximate surface area is 234 Å². The normalized spacial score (nSPS) is 12.8. The Morgan fingerprint density at radius 2 is 1.54 bits per heavy atom. The summed E-state index contributed by atoms with van der Waals surface area (Å²) in [5.41, 5.74) is 0.727. The van der Waals surface area contributed by atoms with Crippen molar-refractivity contribution in [2.75, 3.05) is 10.8 Å². The van der Waals surface area contributed by atoms with Crippen LogP contribution in [0.25, 0.3) is 0 Å². The van der Waals surface area contributed by atoms with E-state index in [-0.39, 0.29) is 29.1 Å². The number of carbonyl (C=O) groups is 2. The van der Waals surface area contributed by atoms with Gasteiger partial charge in [0.05, 0.1) is 10.6 Å². The molecule has 208 valence electrons. The number of anilines is 1. The highest BCUT2D eigenvalue weighted by atomic mass is 35.5. The number of carbonyl (C=O) groups excluding carboxylic acids is 2. The summed E-state index contributed by atoms with van der Waals surface area (Å²) >= 11 is 6.40. The predicted octanol–water partition coefficient (Wildman–Crippen LogP) is 5.40. The van der Waals surface area contributed by atoms with Crippen molar-refractivity contribution in [3.05, 3.63) is 95.3 Å². The molecule has 0 saturated heterocycles. The molecular formula is C29H33ClFN3O4S. The molecule has 0 unspecified atom stereocenters. The molecule has 3 aromatic carbocycles. The largest absolute Gasteiger partial charge is 0.352 e. The highest BCUT2D eigenvalue weighted by Gasteiger charge is 2.34. The van der Waals surface area contributed by atoms with Crippen LogP contribution in [-0.4, -0.2) is 43.8 Å². The van der Waals surface area contributed by atoms with E-state index in [4.69, 9.17) is 11.6 Å². The number of benzene rings is 3. The zero-order valence-electron chi connectivity index (χ0n) is 22.2. The molecule has 0 saturated carbocycles. The molecular weight excluding hydrogens is 541 g/mol. The third kappa shape index (κ3) is 7.58. The molecule has 0 spiro atoms. The molecule has 0 bridgehead atoms. The Morgan fingerprint density at radius 1 is 0.923 bits per heavy atom. The topological polar surface area (TPSA) is 86.8 Å². The number of nitrogens with zero attached hydrogens (tertiary/aromatic N) is 2. The second-order valence-electron chi connectivity index (χ2n) is 9.16. The van der Waals surface area contributed by atoms with Crippen molar-refractivity contribution in [1.29, 1.82) is 0 Å². The number of hydrogen-bond acceptors (Lipinski definition) is 4. The van der Waals surface area contributed by atoms with Crippen LogP contribution in [0, 0.1) is 5.82 Å². The van der Waals surface area contributed by atoms with E-state index < -0.39 is 34.3 Å². The van der Waals surface area contributed by atoms with Crippen molar-refractivity contribution in [2.24, 2.45) is 0 Å². The zero-order valence-corrected chi connectivity index (χ0v) is 23.8. The Morgan fingerprint density at radius 3 is 2.13 bits per heavy atom. The fraction of sp³-hybridized carbons (Fsp3) is 0.310. The van der Waals surface area contributed by atoms with E-state index in [1.165, 1.54) is 29.2 Å². The van der Waals surface area contributed by atoms with Crippen molar-refractivity contribution in [2.45, 2.75) is 57.1 Å². The van der Waals surface area contributed by atoms with Gasteiger partial charge in [-0.05, 0) is 67.8 Å². The summed E-state index contributed by atoms with van der Waals surface area (Å²) in [5.74, 6) is -1.49. The number of rotatable bonds is 12. The van der Waals surface area contributed by atoms with E-state index in [1.54, 1.807) is 49.4 Å². The van der Waals surface area contributed by atoms with Crippen molar-refractivity contribution in [1.82, 2.24) is 10.2 Å². The van der Waals surface area contributed by atoms with Gasteiger partial charge in [0.2, 0.25) is 11.8 Å². The van der Waals surface area contributed by atoms with Crippen LogP contribution in [0.2, 0.25) is 5.02 Å². The second-order valence-corrected chi connectivity index (χ2v) is 11.4. The molecule has 7 nitrogen and oxygen atoms in total. The molecule has 0 aliphatic rings. The summed E-state index contributed by atoms with van der Waals surface area (Å²) < 4.78 is 42.1. The van der Waals surface area contributed by atoms with E-state index in [9.17, 15) is 22.4 Å². The number of amides is 2. The number of halogens is 2. The van der Waals surface area contributed by atoms with Crippen LogP contribution in [0.1, 0.15) is 39.2 Å². The SMILES string of the molecule is CC[C@H](C(=O)N[C@@H](C)CC)N(Cc1ccccc1Cl)C(=O)CN(c1ccc(F)cc1)S(=O)(=O)c1ccccc1. The van der Waals surface area contributed by atoms with Gasteiger partial charge in [-0.25, -0.2) is 12.8 Å². The molecule has 10 heteroatoms. The maximum atomic E-state index is 14.0. The summed E-state index contributed by atoms with van der Waals surface area (Å²) in [4.78, 5) is 28.6. The van der Waals surface area contributed by atoms with Gasteiger partial charge >= 0.3 is 0 Å². The van der Waals surface area contributed by atoms with Gasteiger partial charge in [-0.15, -0.1) is 0 Å². The van der Waals surface area contributed by atoms with E-state index in [0.29, 0.717) is 23.4 Å². The molecule has 39 heavy (non-hydrogen) atoms. The second kappa shape index (κ2) is 13.6. The minimum Gasteiger partial charge on any atom is -0.352 e. The van der Waals surface area contributed by atoms with Crippen molar-refractivity contribution in [3.63, 3.8) is 0 Å². The molecule has 0 radical (unpaired) electrons. The van der Waals surface area contributed by atoms with E-state index in [0.717, 1.165) is 16.4 Å². The maximum Gasteiger partial charge on any atom is 0.264 e. The molecule has 0 heterocycles. The van der Waals surface area contributed by atoms with Gasteiger partial charge in [-0.2, -0.15) is 0 Å². The zero-order chi connectivity index (χ0) is 28.6. The van der Waals surface area contributed by atoms with Crippen LogP contribution in [0.3, 0.4) is 0 Å². The van der Waals surface area contributed by atoms with Gasteiger partial charge in [0.25, 0.3) is 10.0 Å². The first kappa shape index (κ1) is 30.1. The van der Waals surface area contributed by atoms with E-state index in [2.05, 4.69) is 5.32 Å². The molecule has 0 fully saturated rings. The minimum absolute atomic E-state index is 0.00637. The third-order valence-corrected chi connectivity index (χ3v) is 8.57. The molecule has 2 amide bonds. The molecule has 0 aliphatic heterocycles. The highest BCUT2D eigenvalue weighted by molar-refractivity contribution is 7.92. The summed E-state index contributed by atoms with van der Waals surface area (Å²) in [6.07, 6.45) is 0.995. The molecule has 3 aromatic rings. The van der Waals surface area contributed by atoms with Crippen molar-refractivity contribution < 1.29 is 22.4 Å². The predicted molar refractivity (Wildman–Crippen MR) is 151 cm³/mol. The summed E-state index contributed by atoms with van der Waals surface area (Å²) in [6, 6.07) is 18.5. The number of hydrogen-bond donors (Lipinski definition) is 1. The Bertz CT molecular complexity index is 1370. The van der Waals surface area contributed by atoms with Crippen LogP contribution >= 0.6 is 11.6 Å². The molecule has 0 aromatic heterocycles. The van der Waals surface area contributed by atoms with Gasteiger partial charge in [0, 0.05) is 17.6 Å². The summed E-state index contributed by atoms with van der Waals surface area (Å²) in [7, 11) is -4.22. The Kier molecular flexibility index (Phi) is 10.5. The van der Waals surface area contributed by atoms with E-state index >= 15 is 0 Å². The lowest BCUT2D eigenvalue weighted by Crippen LogP contribution is -2.53. The highest BCUT2D eigenvalue weighted by Crippen LogP contribution is 2.26. The Balaban J connectivity index is 2.05. The van der Waals surface area contributed by atoms with E-state index in [1.807, 2.05) is 13.8 Å². The molecule has 3 rings (SSSR count). The molecule has 0 aliphatic carbocycles. The van der Waals surface area contributed by atoms with Gasteiger partial charge in [-0.1, -0.05) is 61.8 Å². The Hall–Kier alpha value is -3.43. The van der Waals surface area contributed by atoms with Crippen LogP contribution in [-0.2, 0) is 26.2 Å². The van der Waals surface area contributed by atoms with Crippen molar-refractivity contribution in [3.8, 4) is 0 Å². The van der Waals surface area contributed by atoms with Gasteiger partial charge < -0.3 is 10.2 Å². The first-order valence-electron chi connectivity index (χ1n) is 12.7. The third-order valence-electron chi connectivity index (χ3n) is 6.41.